The van der Waals surface area contributed by atoms with Crippen LogP contribution in [0.1, 0.15) is 23.3 Å². The summed E-state index contributed by atoms with van der Waals surface area (Å²) in [6.07, 6.45) is 5.04. The number of halogens is 1. The number of piperidine rings is 1. The average molecular weight is 347 g/mol. The summed E-state index contributed by atoms with van der Waals surface area (Å²) in [5, 5.41) is 12.6. The van der Waals surface area contributed by atoms with Crippen LogP contribution in [-0.2, 0) is 0 Å². The van der Waals surface area contributed by atoms with Gasteiger partial charge in [0.1, 0.15) is 5.69 Å². The van der Waals surface area contributed by atoms with Crippen LogP contribution in [0.5, 0.6) is 0 Å². The van der Waals surface area contributed by atoms with E-state index in [2.05, 4.69) is 20.2 Å². The Bertz CT molecular complexity index is 717. The number of aliphatic hydroxyl groups excluding tert-OH is 1. The van der Waals surface area contributed by atoms with Crippen molar-refractivity contribution < 1.29 is 9.90 Å². The van der Waals surface area contributed by atoms with Gasteiger partial charge in [0.25, 0.3) is 5.91 Å². The van der Waals surface area contributed by atoms with Gasteiger partial charge >= 0.3 is 0 Å². The van der Waals surface area contributed by atoms with E-state index in [1.807, 2.05) is 6.07 Å². The van der Waals surface area contributed by atoms with Crippen LogP contribution in [0.3, 0.4) is 0 Å². The Labute approximate surface area is 145 Å². The second-order valence-corrected chi connectivity index (χ2v) is 6.24. The molecule has 0 atom stereocenters. The summed E-state index contributed by atoms with van der Waals surface area (Å²) in [6.45, 7) is 1.83. The third-order valence-corrected chi connectivity index (χ3v) is 4.40. The minimum Gasteiger partial charge on any atom is -0.396 e. The fourth-order valence-electron chi connectivity index (χ4n) is 2.79. The number of aromatic nitrogens is 2. The van der Waals surface area contributed by atoms with Gasteiger partial charge in [0.15, 0.2) is 5.82 Å². The first-order valence-electron chi connectivity index (χ1n) is 7.91. The van der Waals surface area contributed by atoms with Gasteiger partial charge in [-0.2, -0.15) is 0 Å². The molecule has 2 N–H and O–H groups in total. The Morgan fingerprint density at radius 3 is 2.79 bits per heavy atom. The van der Waals surface area contributed by atoms with Crippen molar-refractivity contribution in [1.29, 1.82) is 0 Å². The Balaban J connectivity index is 1.76. The minimum atomic E-state index is -0.322. The lowest BCUT2D eigenvalue weighted by Gasteiger charge is -2.33. The van der Waals surface area contributed by atoms with Crippen LogP contribution >= 0.6 is 11.6 Å². The molecule has 6 nitrogen and oxygen atoms in total. The van der Waals surface area contributed by atoms with E-state index >= 15 is 0 Å². The van der Waals surface area contributed by atoms with E-state index in [0.29, 0.717) is 16.6 Å². The van der Waals surface area contributed by atoms with Crippen LogP contribution in [-0.4, -0.2) is 40.7 Å². The molecule has 126 valence electrons. The Kier molecular flexibility index (Phi) is 5.27. The number of aliphatic hydroxyl groups is 1. The SMILES string of the molecule is O=C(Nc1cccnc1N1CCC(CO)CC1)c1cc(Cl)ccn1. The molecule has 1 saturated heterocycles. The summed E-state index contributed by atoms with van der Waals surface area (Å²) < 4.78 is 0. The maximum Gasteiger partial charge on any atom is 0.274 e. The zero-order valence-electron chi connectivity index (χ0n) is 13.2. The van der Waals surface area contributed by atoms with E-state index in [4.69, 9.17) is 11.6 Å². The lowest BCUT2D eigenvalue weighted by Crippen LogP contribution is -2.36. The van der Waals surface area contributed by atoms with E-state index in [1.165, 1.54) is 12.3 Å². The van der Waals surface area contributed by atoms with Crippen LogP contribution in [0, 0.1) is 5.92 Å². The molecule has 0 saturated carbocycles. The molecule has 2 aromatic rings. The van der Waals surface area contributed by atoms with Crippen molar-refractivity contribution in [2.45, 2.75) is 12.8 Å². The van der Waals surface area contributed by atoms with Crippen molar-refractivity contribution in [2.24, 2.45) is 5.92 Å². The first-order chi connectivity index (χ1) is 11.7. The van der Waals surface area contributed by atoms with Crippen LogP contribution in [0.15, 0.2) is 36.7 Å². The molecule has 0 spiro atoms. The topological polar surface area (TPSA) is 78.4 Å². The number of anilines is 2. The van der Waals surface area contributed by atoms with Gasteiger partial charge in [-0.1, -0.05) is 11.6 Å². The lowest BCUT2D eigenvalue weighted by atomic mass is 9.98. The van der Waals surface area contributed by atoms with Crippen LogP contribution in [0.2, 0.25) is 5.02 Å². The predicted molar refractivity (Wildman–Crippen MR) is 93.5 cm³/mol. The van der Waals surface area contributed by atoms with E-state index in [0.717, 1.165) is 31.7 Å². The maximum absolute atomic E-state index is 12.4. The van der Waals surface area contributed by atoms with Crippen LogP contribution < -0.4 is 10.2 Å². The molecule has 1 amide bonds. The molecule has 0 bridgehead atoms. The van der Waals surface area contributed by atoms with Gasteiger partial charge in [-0.3, -0.25) is 9.78 Å². The van der Waals surface area contributed by atoms with Gasteiger partial charge in [-0.15, -0.1) is 0 Å². The number of carbonyl (C=O) groups is 1. The quantitative estimate of drug-likeness (QED) is 0.889. The van der Waals surface area contributed by atoms with Crippen molar-refractivity contribution in [3.8, 4) is 0 Å². The number of hydrogen-bond acceptors (Lipinski definition) is 5. The molecule has 0 radical (unpaired) electrons. The molecule has 0 aliphatic carbocycles. The van der Waals surface area contributed by atoms with Crippen molar-refractivity contribution in [3.63, 3.8) is 0 Å². The Hall–Kier alpha value is -2.18. The highest BCUT2D eigenvalue weighted by molar-refractivity contribution is 6.31. The smallest absolute Gasteiger partial charge is 0.274 e. The highest BCUT2D eigenvalue weighted by Crippen LogP contribution is 2.27. The van der Waals surface area contributed by atoms with Gasteiger partial charge in [0.2, 0.25) is 0 Å². The maximum atomic E-state index is 12.4. The number of hydrogen-bond donors (Lipinski definition) is 2. The predicted octanol–water partition coefficient (Wildman–Crippen LogP) is 2.59. The van der Waals surface area contributed by atoms with Crippen molar-refractivity contribution in [3.05, 3.63) is 47.4 Å². The van der Waals surface area contributed by atoms with E-state index in [-0.39, 0.29) is 18.2 Å². The Morgan fingerprint density at radius 1 is 1.29 bits per heavy atom. The molecule has 0 aromatic carbocycles. The van der Waals surface area contributed by atoms with Gasteiger partial charge in [0, 0.05) is 37.1 Å². The van der Waals surface area contributed by atoms with Crippen molar-refractivity contribution >= 4 is 29.0 Å². The molecule has 2 aromatic heterocycles. The molecule has 1 aliphatic rings. The van der Waals surface area contributed by atoms with Gasteiger partial charge in [0.05, 0.1) is 5.69 Å². The normalized spacial score (nSPS) is 15.3. The molecule has 0 unspecified atom stereocenters. The summed E-state index contributed by atoms with van der Waals surface area (Å²) in [7, 11) is 0. The Morgan fingerprint density at radius 2 is 2.08 bits per heavy atom. The zero-order chi connectivity index (χ0) is 16.9. The summed E-state index contributed by atoms with van der Waals surface area (Å²) in [6, 6.07) is 6.76. The van der Waals surface area contributed by atoms with Gasteiger partial charge in [-0.25, -0.2) is 4.98 Å². The van der Waals surface area contributed by atoms with Crippen LogP contribution in [0.25, 0.3) is 0 Å². The third-order valence-electron chi connectivity index (χ3n) is 4.16. The summed E-state index contributed by atoms with van der Waals surface area (Å²) >= 11 is 5.91. The second kappa shape index (κ2) is 7.59. The van der Waals surface area contributed by atoms with E-state index in [9.17, 15) is 9.90 Å². The first kappa shape index (κ1) is 16.7. The van der Waals surface area contributed by atoms with Gasteiger partial charge < -0.3 is 15.3 Å². The zero-order valence-corrected chi connectivity index (χ0v) is 13.9. The van der Waals surface area contributed by atoms with Gasteiger partial charge in [-0.05, 0) is 43.0 Å². The van der Waals surface area contributed by atoms with E-state index < -0.39 is 0 Å². The standard InChI is InChI=1S/C17H19ClN4O2/c18-13-3-7-19-15(10-13)17(24)21-14-2-1-6-20-16(14)22-8-4-12(11-23)5-9-22/h1-3,6-7,10,12,23H,4-5,8-9,11H2,(H,21,24). The van der Waals surface area contributed by atoms with E-state index in [1.54, 1.807) is 18.3 Å². The highest BCUT2D eigenvalue weighted by atomic mass is 35.5. The highest BCUT2D eigenvalue weighted by Gasteiger charge is 2.22. The monoisotopic (exact) mass is 346 g/mol. The number of amides is 1. The van der Waals surface area contributed by atoms with Crippen LogP contribution in [0.4, 0.5) is 11.5 Å². The van der Waals surface area contributed by atoms with Crippen molar-refractivity contribution in [1.82, 2.24) is 9.97 Å². The molecule has 3 heterocycles. The molecule has 1 aliphatic heterocycles. The van der Waals surface area contributed by atoms with Crippen molar-refractivity contribution in [2.75, 3.05) is 29.9 Å². The number of nitrogens with zero attached hydrogens (tertiary/aromatic N) is 3. The fraction of sp³-hybridized carbons (Fsp3) is 0.353. The number of rotatable bonds is 4. The summed E-state index contributed by atoms with van der Waals surface area (Å²) in [5.74, 6) is 0.764. The number of carbonyl (C=O) groups excluding carboxylic acids is 1. The number of pyridine rings is 2. The summed E-state index contributed by atoms with van der Waals surface area (Å²) in [5.41, 5.74) is 0.906. The fourth-order valence-corrected chi connectivity index (χ4v) is 2.95. The summed E-state index contributed by atoms with van der Waals surface area (Å²) in [4.78, 5) is 23.0. The number of nitrogens with one attached hydrogen (secondary N) is 1. The minimum absolute atomic E-state index is 0.222. The second-order valence-electron chi connectivity index (χ2n) is 5.80. The molecule has 7 heteroatoms. The average Bonchev–Trinajstić information content (AvgIpc) is 2.62. The molecule has 24 heavy (non-hydrogen) atoms. The molecule has 3 rings (SSSR count). The third kappa shape index (κ3) is 3.83. The molecular weight excluding hydrogens is 328 g/mol. The lowest BCUT2D eigenvalue weighted by molar-refractivity contribution is 0.102. The first-order valence-corrected chi connectivity index (χ1v) is 8.29. The molecular formula is C17H19ClN4O2. The molecule has 1 fully saturated rings. The largest absolute Gasteiger partial charge is 0.396 e.